The smallest absolute Gasteiger partial charge is 0.326 e. The number of esters is 1. The summed E-state index contributed by atoms with van der Waals surface area (Å²) in [6.07, 6.45) is 1.68. The van der Waals surface area contributed by atoms with E-state index in [-0.39, 0.29) is 18.3 Å². The zero-order valence-corrected chi connectivity index (χ0v) is 12.1. The van der Waals surface area contributed by atoms with Crippen LogP contribution in [0.1, 0.15) is 6.92 Å². The van der Waals surface area contributed by atoms with Crippen LogP contribution in [0.4, 0.5) is 4.39 Å². The molecule has 3 aromatic rings. The van der Waals surface area contributed by atoms with Crippen molar-refractivity contribution in [2.75, 3.05) is 6.61 Å². The molecule has 3 rings (SSSR count). The zero-order valence-electron chi connectivity index (χ0n) is 12.1. The van der Waals surface area contributed by atoms with Crippen LogP contribution < -0.4 is 0 Å². The predicted molar refractivity (Wildman–Crippen MR) is 81.8 cm³/mol. The van der Waals surface area contributed by atoms with Crippen molar-refractivity contribution in [2.24, 2.45) is 0 Å². The molecular weight excluding hydrogens is 283 g/mol. The summed E-state index contributed by atoms with van der Waals surface area (Å²) in [5.74, 6) is -0.621. The Kier molecular flexibility index (Phi) is 3.87. The molecule has 0 bridgehead atoms. The number of benzene rings is 1. The molecule has 22 heavy (non-hydrogen) atoms. The molecule has 0 amide bonds. The number of hydrogen-bond donors (Lipinski definition) is 0. The van der Waals surface area contributed by atoms with E-state index < -0.39 is 0 Å². The van der Waals surface area contributed by atoms with Gasteiger partial charge in [0, 0.05) is 11.6 Å². The van der Waals surface area contributed by atoms with Crippen LogP contribution in [-0.2, 0) is 16.1 Å². The molecule has 0 aliphatic rings. The van der Waals surface area contributed by atoms with Crippen molar-refractivity contribution in [3.63, 3.8) is 0 Å². The average molecular weight is 298 g/mol. The van der Waals surface area contributed by atoms with E-state index in [4.69, 9.17) is 4.74 Å². The summed E-state index contributed by atoms with van der Waals surface area (Å²) in [7, 11) is 0. The standard InChI is InChI=1S/C17H15FN2O2/c1-2-22-16(21)11-20-15(12-5-7-14(18)8-6-12)10-13-4-3-9-19-17(13)20/h3-10H,2,11H2,1H3. The van der Waals surface area contributed by atoms with Gasteiger partial charge in [-0.2, -0.15) is 0 Å². The zero-order chi connectivity index (χ0) is 15.5. The van der Waals surface area contributed by atoms with Gasteiger partial charge >= 0.3 is 5.97 Å². The first-order valence-corrected chi connectivity index (χ1v) is 7.05. The second-order valence-electron chi connectivity index (χ2n) is 4.84. The maximum Gasteiger partial charge on any atom is 0.326 e. The molecule has 112 valence electrons. The largest absolute Gasteiger partial charge is 0.465 e. The van der Waals surface area contributed by atoms with E-state index in [0.29, 0.717) is 12.3 Å². The molecule has 5 heteroatoms. The Labute approximate surface area is 127 Å². The Morgan fingerprint density at radius 2 is 2.05 bits per heavy atom. The molecule has 0 radical (unpaired) electrons. The second-order valence-corrected chi connectivity index (χ2v) is 4.84. The van der Waals surface area contributed by atoms with E-state index in [0.717, 1.165) is 16.6 Å². The third-order valence-electron chi connectivity index (χ3n) is 3.39. The molecule has 0 atom stereocenters. The Balaban J connectivity index is 2.11. The molecule has 0 fully saturated rings. The maximum atomic E-state index is 13.1. The minimum atomic E-state index is -0.325. The highest BCUT2D eigenvalue weighted by molar-refractivity contribution is 5.86. The molecule has 0 aliphatic carbocycles. The highest BCUT2D eigenvalue weighted by Gasteiger charge is 2.15. The molecule has 0 unspecified atom stereocenters. The number of carbonyl (C=O) groups excluding carboxylic acids is 1. The first kappa shape index (κ1) is 14.3. The third-order valence-corrected chi connectivity index (χ3v) is 3.39. The second kappa shape index (κ2) is 5.97. The Morgan fingerprint density at radius 3 is 2.77 bits per heavy atom. The van der Waals surface area contributed by atoms with E-state index >= 15 is 0 Å². The molecule has 0 aliphatic heterocycles. The van der Waals surface area contributed by atoms with Crippen molar-refractivity contribution < 1.29 is 13.9 Å². The summed E-state index contributed by atoms with van der Waals surface area (Å²) in [6, 6.07) is 11.9. The molecule has 4 nitrogen and oxygen atoms in total. The number of pyridine rings is 1. The molecule has 1 aromatic carbocycles. The van der Waals surface area contributed by atoms with Crippen molar-refractivity contribution >= 4 is 17.0 Å². The lowest BCUT2D eigenvalue weighted by molar-refractivity contribution is -0.143. The van der Waals surface area contributed by atoms with Gasteiger partial charge < -0.3 is 9.30 Å². The van der Waals surface area contributed by atoms with E-state index in [9.17, 15) is 9.18 Å². The lowest BCUT2D eigenvalue weighted by atomic mass is 10.1. The van der Waals surface area contributed by atoms with Crippen LogP contribution in [0.15, 0.2) is 48.7 Å². The van der Waals surface area contributed by atoms with Crippen LogP contribution >= 0.6 is 0 Å². The predicted octanol–water partition coefficient (Wildman–Crippen LogP) is 3.41. The number of rotatable bonds is 4. The summed E-state index contributed by atoms with van der Waals surface area (Å²) in [5, 5.41) is 0.922. The number of fused-ring (bicyclic) bond motifs is 1. The number of aromatic nitrogens is 2. The molecule has 0 saturated heterocycles. The van der Waals surface area contributed by atoms with Gasteiger partial charge in [-0.05, 0) is 55.0 Å². The maximum absolute atomic E-state index is 13.1. The molecule has 2 heterocycles. The summed E-state index contributed by atoms with van der Waals surface area (Å²) in [5.41, 5.74) is 2.33. The lowest BCUT2D eigenvalue weighted by Gasteiger charge is -2.09. The van der Waals surface area contributed by atoms with Crippen LogP contribution in [0.5, 0.6) is 0 Å². The topological polar surface area (TPSA) is 44.1 Å². The minimum absolute atomic E-state index is 0.0705. The van der Waals surface area contributed by atoms with Crippen molar-refractivity contribution in [2.45, 2.75) is 13.5 Å². The van der Waals surface area contributed by atoms with E-state index in [1.54, 1.807) is 29.8 Å². The fraction of sp³-hybridized carbons (Fsp3) is 0.176. The van der Waals surface area contributed by atoms with Gasteiger partial charge in [0.25, 0.3) is 0 Å². The van der Waals surface area contributed by atoms with Crippen LogP contribution in [-0.4, -0.2) is 22.1 Å². The number of nitrogens with zero attached hydrogens (tertiary/aromatic N) is 2. The number of ether oxygens (including phenoxy) is 1. The first-order valence-electron chi connectivity index (χ1n) is 7.05. The van der Waals surface area contributed by atoms with Crippen molar-refractivity contribution in [3.8, 4) is 11.3 Å². The van der Waals surface area contributed by atoms with Crippen LogP contribution in [0.25, 0.3) is 22.3 Å². The number of hydrogen-bond acceptors (Lipinski definition) is 3. The van der Waals surface area contributed by atoms with E-state index in [2.05, 4.69) is 4.98 Å². The fourth-order valence-electron chi connectivity index (χ4n) is 2.44. The van der Waals surface area contributed by atoms with Gasteiger partial charge in [0.05, 0.1) is 12.3 Å². The average Bonchev–Trinajstić information content (AvgIpc) is 2.87. The van der Waals surface area contributed by atoms with E-state index in [1.807, 2.05) is 18.2 Å². The molecule has 2 aromatic heterocycles. The van der Waals surface area contributed by atoms with Gasteiger partial charge in [-0.15, -0.1) is 0 Å². The minimum Gasteiger partial charge on any atom is -0.465 e. The monoisotopic (exact) mass is 298 g/mol. The number of carbonyl (C=O) groups is 1. The normalized spacial score (nSPS) is 10.8. The van der Waals surface area contributed by atoms with Crippen molar-refractivity contribution in [1.29, 1.82) is 0 Å². The van der Waals surface area contributed by atoms with Gasteiger partial charge in [-0.3, -0.25) is 4.79 Å². The fourth-order valence-corrected chi connectivity index (χ4v) is 2.44. The lowest BCUT2D eigenvalue weighted by Crippen LogP contribution is -2.14. The Bertz CT molecular complexity index is 809. The van der Waals surface area contributed by atoms with Gasteiger partial charge in [-0.25, -0.2) is 9.37 Å². The highest BCUT2D eigenvalue weighted by Crippen LogP contribution is 2.27. The SMILES string of the molecule is CCOC(=O)Cn1c(-c2ccc(F)cc2)cc2cccnc21. The van der Waals surface area contributed by atoms with Gasteiger partial charge in [0.1, 0.15) is 18.0 Å². The van der Waals surface area contributed by atoms with Gasteiger partial charge in [-0.1, -0.05) is 0 Å². The quantitative estimate of drug-likeness (QED) is 0.693. The van der Waals surface area contributed by atoms with Gasteiger partial charge in [0.2, 0.25) is 0 Å². The van der Waals surface area contributed by atoms with E-state index in [1.165, 1.54) is 12.1 Å². The molecular formula is C17H15FN2O2. The summed E-state index contributed by atoms with van der Waals surface area (Å²) in [4.78, 5) is 16.2. The van der Waals surface area contributed by atoms with Gasteiger partial charge in [0.15, 0.2) is 0 Å². The number of halogens is 1. The molecule has 0 spiro atoms. The summed E-state index contributed by atoms with van der Waals surface area (Å²) >= 11 is 0. The summed E-state index contributed by atoms with van der Waals surface area (Å²) in [6.45, 7) is 2.17. The van der Waals surface area contributed by atoms with Crippen molar-refractivity contribution in [3.05, 3.63) is 54.5 Å². The third kappa shape index (κ3) is 2.70. The van der Waals surface area contributed by atoms with Crippen LogP contribution in [0.3, 0.4) is 0 Å². The highest BCUT2D eigenvalue weighted by atomic mass is 19.1. The Morgan fingerprint density at radius 1 is 1.27 bits per heavy atom. The van der Waals surface area contributed by atoms with Crippen LogP contribution in [0, 0.1) is 5.82 Å². The summed E-state index contributed by atoms with van der Waals surface area (Å²) < 4.78 is 19.9. The first-order chi connectivity index (χ1) is 10.7. The molecule has 0 saturated carbocycles. The molecule has 0 N–H and O–H groups in total. The van der Waals surface area contributed by atoms with Crippen LogP contribution in [0.2, 0.25) is 0 Å². The Hall–Kier alpha value is -2.69. The van der Waals surface area contributed by atoms with Crippen molar-refractivity contribution in [1.82, 2.24) is 9.55 Å².